The fraction of sp³-hybridized carbons (Fsp3) is 0.211. The molecule has 1 fully saturated rings. The van der Waals surface area contributed by atoms with Crippen molar-refractivity contribution in [2.75, 3.05) is 13.1 Å². The summed E-state index contributed by atoms with van der Waals surface area (Å²) in [7, 11) is 0. The Morgan fingerprint density at radius 1 is 1.23 bits per heavy atom. The van der Waals surface area contributed by atoms with E-state index in [1.54, 1.807) is 23.4 Å². The third-order valence-electron chi connectivity index (χ3n) is 4.46. The third kappa shape index (κ3) is 3.10. The summed E-state index contributed by atoms with van der Waals surface area (Å²) in [5, 5.41) is 0.760. The Balaban J connectivity index is 1.46. The van der Waals surface area contributed by atoms with E-state index in [1.807, 2.05) is 30.3 Å². The minimum atomic E-state index is -0.499. The first kappa shape index (κ1) is 16.8. The number of para-hydroxylation sites is 1. The van der Waals surface area contributed by atoms with Gasteiger partial charge in [0.1, 0.15) is 6.10 Å². The van der Waals surface area contributed by atoms with Crippen LogP contribution in [-0.2, 0) is 4.79 Å². The summed E-state index contributed by atoms with van der Waals surface area (Å²) in [5.41, 5.74) is 1.24. The van der Waals surface area contributed by atoms with E-state index in [2.05, 4.69) is 25.9 Å². The summed E-state index contributed by atoms with van der Waals surface area (Å²) in [4.78, 5) is 34.0. The molecule has 3 aromatic rings. The molecule has 132 valence electrons. The van der Waals surface area contributed by atoms with Gasteiger partial charge in [0.25, 0.3) is 11.7 Å². The lowest BCUT2D eigenvalue weighted by molar-refractivity contribution is -0.125. The smallest absolute Gasteiger partial charge is 0.295 e. The fourth-order valence-corrected chi connectivity index (χ4v) is 3.49. The van der Waals surface area contributed by atoms with Crippen LogP contribution in [-0.4, -0.2) is 45.8 Å². The van der Waals surface area contributed by atoms with Crippen molar-refractivity contribution in [3.05, 3.63) is 58.8 Å². The van der Waals surface area contributed by atoms with E-state index >= 15 is 0 Å². The van der Waals surface area contributed by atoms with Crippen LogP contribution in [0, 0.1) is 0 Å². The number of carbonyl (C=O) groups is 2. The van der Waals surface area contributed by atoms with Crippen LogP contribution in [0.5, 0.6) is 5.88 Å². The second-order valence-electron chi connectivity index (χ2n) is 6.15. The second kappa shape index (κ2) is 6.92. The molecule has 1 amide bonds. The van der Waals surface area contributed by atoms with Crippen LogP contribution in [0.2, 0.25) is 0 Å². The highest BCUT2D eigenvalue weighted by molar-refractivity contribution is 9.10. The zero-order chi connectivity index (χ0) is 18.1. The number of nitrogens with zero attached hydrogens (tertiary/aromatic N) is 2. The molecule has 1 atom stereocenters. The number of hydrogen-bond donors (Lipinski definition) is 1. The summed E-state index contributed by atoms with van der Waals surface area (Å²) in [6.45, 7) is 0.859. The maximum Gasteiger partial charge on any atom is 0.295 e. The molecular weight excluding hydrogens is 398 g/mol. The maximum atomic E-state index is 12.7. The first-order valence-corrected chi connectivity index (χ1v) is 9.09. The van der Waals surface area contributed by atoms with Crippen molar-refractivity contribution in [1.29, 1.82) is 0 Å². The standard InChI is InChI=1S/C19H16BrN3O3/c20-15-5-3-8-21-18(15)26-12-7-9-23(11-12)19(25)17(24)14-10-22-16-6-2-1-4-13(14)16/h1-6,8,10,12,22H,7,9,11H2. The Labute approximate surface area is 158 Å². The number of nitrogens with one attached hydrogen (secondary N) is 1. The topological polar surface area (TPSA) is 75.3 Å². The van der Waals surface area contributed by atoms with Crippen molar-refractivity contribution in [3.63, 3.8) is 0 Å². The number of aromatic amines is 1. The molecule has 26 heavy (non-hydrogen) atoms. The van der Waals surface area contributed by atoms with Crippen LogP contribution in [0.15, 0.2) is 53.3 Å². The predicted molar refractivity (Wildman–Crippen MR) is 100 cm³/mol. The molecule has 0 radical (unpaired) electrons. The van der Waals surface area contributed by atoms with Crippen LogP contribution in [0.4, 0.5) is 0 Å². The highest BCUT2D eigenvalue weighted by Gasteiger charge is 2.32. The van der Waals surface area contributed by atoms with E-state index < -0.39 is 11.7 Å². The number of fused-ring (bicyclic) bond motifs is 1. The Kier molecular flexibility index (Phi) is 4.46. The van der Waals surface area contributed by atoms with E-state index in [-0.39, 0.29) is 6.10 Å². The number of ether oxygens (including phenoxy) is 1. The molecule has 1 saturated heterocycles. The predicted octanol–water partition coefficient (Wildman–Crippen LogP) is 3.19. The Hall–Kier alpha value is -2.67. The van der Waals surface area contributed by atoms with Crippen LogP contribution in [0.3, 0.4) is 0 Å². The average molecular weight is 414 g/mol. The largest absolute Gasteiger partial charge is 0.472 e. The molecule has 0 aliphatic carbocycles. The molecular formula is C19H16BrN3O3. The Morgan fingerprint density at radius 2 is 2.08 bits per heavy atom. The zero-order valence-corrected chi connectivity index (χ0v) is 15.4. The van der Waals surface area contributed by atoms with E-state index in [1.165, 1.54) is 0 Å². The molecule has 1 unspecified atom stereocenters. The number of rotatable bonds is 4. The van der Waals surface area contributed by atoms with Crippen LogP contribution in [0.1, 0.15) is 16.8 Å². The minimum absolute atomic E-state index is 0.180. The van der Waals surface area contributed by atoms with Gasteiger partial charge in [-0.1, -0.05) is 18.2 Å². The number of hydrogen-bond acceptors (Lipinski definition) is 4. The summed E-state index contributed by atoms with van der Waals surface area (Å²) < 4.78 is 6.62. The monoisotopic (exact) mass is 413 g/mol. The van der Waals surface area contributed by atoms with Gasteiger partial charge in [0.05, 0.1) is 16.6 Å². The highest BCUT2D eigenvalue weighted by Crippen LogP contribution is 2.25. The van der Waals surface area contributed by atoms with Crippen molar-refractivity contribution in [3.8, 4) is 5.88 Å². The molecule has 0 saturated carbocycles. The number of likely N-dealkylation sites (tertiary alicyclic amines) is 1. The number of ketones is 1. The van der Waals surface area contributed by atoms with Gasteiger partial charge >= 0.3 is 0 Å². The SMILES string of the molecule is O=C(C(=O)N1CCC(Oc2ncccc2Br)C1)c1c[nH]c2ccccc12. The lowest BCUT2D eigenvalue weighted by Crippen LogP contribution is -2.36. The van der Waals surface area contributed by atoms with Crippen molar-refractivity contribution in [1.82, 2.24) is 14.9 Å². The number of aromatic nitrogens is 2. The van der Waals surface area contributed by atoms with E-state index in [9.17, 15) is 9.59 Å². The molecule has 1 aliphatic rings. The number of halogens is 1. The molecule has 6 nitrogen and oxygen atoms in total. The molecule has 0 spiro atoms. The minimum Gasteiger partial charge on any atom is -0.472 e. The van der Waals surface area contributed by atoms with Gasteiger partial charge in [-0.05, 0) is 34.1 Å². The number of benzene rings is 1. The van der Waals surface area contributed by atoms with Gasteiger partial charge in [-0.3, -0.25) is 9.59 Å². The highest BCUT2D eigenvalue weighted by atomic mass is 79.9. The van der Waals surface area contributed by atoms with Gasteiger partial charge in [0.15, 0.2) is 0 Å². The maximum absolute atomic E-state index is 12.7. The fourth-order valence-electron chi connectivity index (χ4n) is 3.14. The Bertz CT molecular complexity index is 985. The molecule has 1 aliphatic heterocycles. The van der Waals surface area contributed by atoms with E-state index in [0.29, 0.717) is 31.0 Å². The van der Waals surface area contributed by atoms with Gasteiger partial charge in [-0.25, -0.2) is 4.98 Å². The van der Waals surface area contributed by atoms with Crippen LogP contribution < -0.4 is 4.74 Å². The van der Waals surface area contributed by atoms with Gasteiger partial charge in [-0.15, -0.1) is 0 Å². The van der Waals surface area contributed by atoms with Crippen LogP contribution in [0.25, 0.3) is 10.9 Å². The number of Topliss-reactive ketones (excluding diaryl/α,β-unsaturated/α-hetero) is 1. The third-order valence-corrected chi connectivity index (χ3v) is 5.07. The van der Waals surface area contributed by atoms with Crippen LogP contribution >= 0.6 is 15.9 Å². The average Bonchev–Trinajstić information content (AvgIpc) is 3.29. The van der Waals surface area contributed by atoms with E-state index in [4.69, 9.17) is 4.74 Å². The number of amides is 1. The summed E-state index contributed by atoms with van der Waals surface area (Å²) in [5.74, 6) is -0.502. The van der Waals surface area contributed by atoms with Crippen molar-refractivity contribution in [2.45, 2.75) is 12.5 Å². The lowest BCUT2D eigenvalue weighted by Gasteiger charge is -2.16. The molecule has 1 N–H and O–H groups in total. The van der Waals surface area contributed by atoms with E-state index in [0.717, 1.165) is 15.4 Å². The van der Waals surface area contributed by atoms with Gasteiger partial charge in [-0.2, -0.15) is 0 Å². The van der Waals surface area contributed by atoms with Gasteiger partial charge in [0, 0.05) is 36.3 Å². The molecule has 3 heterocycles. The lowest BCUT2D eigenvalue weighted by atomic mass is 10.1. The first-order valence-electron chi connectivity index (χ1n) is 8.30. The molecule has 4 rings (SSSR count). The van der Waals surface area contributed by atoms with Crippen molar-refractivity contribution in [2.24, 2.45) is 0 Å². The quantitative estimate of drug-likeness (QED) is 0.526. The van der Waals surface area contributed by atoms with Gasteiger partial charge in [0.2, 0.25) is 5.88 Å². The number of carbonyl (C=O) groups excluding carboxylic acids is 2. The molecule has 1 aromatic carbocycles. The summed E-state index contributed by atoms with van der Waals surface area (Å²) in [6, 6.07) is 11.1. The Morgan fingerprint density at radius 3 is 2.92 bits per heavy atom. The molecule has 0 bridgehead atoms. The summed E-state index contributed by atoms with van der Waals surface area (Å²) >= 11 is 3.39. The number of pyridine rings is 1. The summed E-state index contributed by atoms with van der Waals surface area (Å²) in [6.07, 6.45) is 3.73. The first-order chi connectivity index (χ1) is 12.6. The normalized spacial score (nSPS) is 16.8. The van der Waals surface area contributed by atoms with Crippen molar-refractivity contribution < 1.29 is 14.3 Å². The molecule has 2 aromatic heterocycles. The zero-order valence-electron chi connectivity index (χ0n) is 13.8. The molecule has 7 heteroatoms. The second-order valence-corrected chi connectivity index (χ2v) is 7.00. The van der Waals surface area contributed by atoms with Crippen molar-refractivity contribution >= 4 is 38.5 Å². The number of H-pyrrole nitrogens is 1. The van der Waals surface area contributed by atoms with Gasteiger partial charge < -0.3 is 14.6 Å².